The average molecular weight is 291 g/mol. The molecule has 118 valence electrons. The molecule has 0 bridgehead atoms. The van der Waals surface area contributed by atoms with Crippen LogP contribution in [0.15, 0.2) is 18.2 Å². The van der Waals surface area contributed by atoms with Crippen molar-refractivity contribution in [1.29, 1.82) is 0 Å². The number of hydrogen-bond donors (Lipinski definition) is 1. The van der Waals surface area contributed by atoms with E-state index in [2.05, 4.69) is 6.92 Å². The number of carbonyl (C=O) groups excluding carboxylic acids is 1. The van der Waals surface area contributed by atoms with Crippen molar-refractivity contribution in [1.82, 2.24) is 0 Å². The minimum absolute atomic E-state index is 0.154. The van der Waals surface area contributed by atoms with Crippen molar-refractivity contribution in [2.75, 3.05) is 11.4 Å². The van der Waals surface area contributed by atoms with Crippen LogP contribution in [0.4, 0.5) is 5.69 Å². The molecule has 0 radical (unpaired) electrons. The Morgan fingerprint density at radius 2 is 1.76 bits per heavy atom. The van der Waals surface area contributed by atoms with Crippen molar-refractivity contribution in [3.8, 4) is 5.75 Å². The van der Waals surface area contributed by atoms with Crippen molar-refractivity contribution in [2.24, 2.45) is 0 Å². The van der Waals surface area contributed by atoms with Crippen LogP contribution in [0, 0.1) is 6.92 Å². The summed E-state index contributed by atoms with van der Waals surface area (Å²) in [6, 6.07) is 5.19. The average Bonchev–Trinajstić information content (AvgIpc) is 2.47. The quantitative estimate of drug-likeness (QED) is 0.664. The molecule has 0 heterocycles. The molecule has 0 saturated carbocycles. The molecule has 0 spiro atoms. The van der Waals surface area contributed by atoms with Crippen LogP contribution in [-0.4, -0.2) is 17.6 Å². The number of unbranched alkanes of at least 4 members (excludes halogenated alkanes) is 5. The largest absolute Gasteiger partial charge is 0.508 e. The zero-order valence-corrected chi connectivity index (χ0v) is 13.7. The number of aromatic hydroxyl groups is 1. The van der Waals surface area contributed by atoms with Gasteiger partial charge in [0, 0.05) is 19.0 Å². The maximum atomic E-state index is 12.4. The van der Waals surface area contributed by atoms with Crippen LogP contribution in [0.2, 0.25) is 0 Å². The maximum absolute atomic E-state index is 12.4. The molecule has 1 aromatic rings. The van der Waals surface area contributed by atoms with Crippen LogP contribution in [0.25, 0.3) is 0 Å². The van der Waals surface area contributed by atoms with E-state index in [9.17, 15) is 9.90 Å². The molecule has 3 nitrogen and oxygen atoms in total. The van der Waals surface area contributed by atoms with Crippen molar-refractivity contribution in [3.05, 3.63) is 23.8 Å². The molecule has 0 unspecified atom stereocenters. The zero-order valence-electron chi connectivity index (χ0n) is 13.7. The van der Waals surface area contributed by atoms with Gasteiger partial charge in [-0.15, -0.1) is 0 Å². The lowest BCUT2D eigenvalue weighted by atomic mass is 10.1. The third kappa shape index (κ3) is 5.78. The second-order valence-corrected chi connectivity index (χ2v) is 5.63. The van der Waals surface area contributed by atoms with Gasteiger partial charge in [-0.2, -0.15) is 0 Å². The molecule has 0 aliphatic heterocycles. The summed E-state index contributed by atoms with van der Waals surface area (Å²) in [5.41, 5.74) is 1.85. The Labute approximate surface area is 129 Å². The Morgan fingerprint density at radius 3 is 2.43 bits per heavy atom. The topological polar surface area (TPSA) is 40.5 Å². The lowest BCUT2D eigenvalue weighted by Gasteiger charge is -2.23. The van der Waals surface area contributed by atoms with E-state index < -0.39 is 0 Å². The molecule has 1 N–H and O–H groups in total. The molecule has 0 saturated heterocycles. The summed E-state index contributed by atoms with van der Waals surface area (Å²) in [5, 5.41) is 9.62. The van der Waals surface area contributed by atoms with Gasteiger partial charge in [-0.3, -0.25) is 4.79 Å². The Morgan fingerprint density at radius 1 is 1.10 bits per heavy atom. The maximum Gasteiger partial charge on any atom is 0.226 e. The first-order valence-electron chi connectivity index (χ1n) is 8.20. The van der Waals surface area contributed by atoms with Crippen LogP contribution in [-0.2, 0) is 4.79 Å². The highest BCUT2D eigenvalue weighted by atomic mass is 16.3. The number of benzene rings is 1. The van der Waals surface area contributed by atoms with Gasteiger partial charge in [0.05, 0.1) is 5.69 Å². The fourth-order valence-electron chi connectivity index (χ4n) is 2.56. The van der Waals surface area contributed by atoms with E-state index in [0.29, 0.717) is 13.0 Å². The Hall–Kier alpha value is -1.51. The summed E-state index contributed by atoms with van der Waals surface area (Å²) in [4.78, 5) is 14.2. The molecule has 0 fully saturated rings. The van der Waals surface area contributed by atoms with E-state index in [-0.39, 0.29) is 11.7 Å². The third-order valence-electron chi connectivity index (χ3n) is 3.84. The fraction of sp³-hybridized carbons (Fsp3) is 0.611. The van der Waals surface area contributed by atoms with E-state index >= 15 is 0 Å². The van der Waals surface area contributed by atoms with Crippen LogP contribution < -0.4 is 4.90 Å². The predicted molar refractivity (Wildman–Crippen MR) is 88.9 cm³/mol. The minimum atomic E-state index is 0.154. The number of phenolic OH excluding ortho intramolecular Hbond substituents is 1. The molecule has 1 rings (SSSR count). The first-order valence-corrected chi connectivity index (χ1v) is 8.20. The molecule has 1 aromatic carbocycles. The molecule has 21 heavy (non-hydrogen) atoms. The van der Waals surface area contributed by atoms with E-state index in [0.717, 1.165) is 24.1 Å². The van der Waals surface area contributed by atoms with E-state index in [4.69, 9.17) is 0 Å². The van der Waals surface area contributed by atoms with Crippen molar-refractivity contribution in [3.63, 3.8) is 0 Å². The van der Waals surface area contributed by atoms with Gasteiger partial charge in [-0.25, -0.2) is 0 Å². The second kappa shape index (κ2) is 9.43. The monoisotopic (exact) mass is 291 g/mol. The SMILES string of the molecule is CCCCCCCCC(=O)N(CC)c1cc(O)ccc1C. The van der Waals surface area contributed by atoms with E-state index in [1.807, 2.05) is 19.9 Å². The standard InChI is InChI=1S/C18H29NO2/c1-4-6-7-8-9-10-11-18(21)19(5-2)17-14-16(20)13-12-15(17)3/h12-14,20H,4-11H2,1-3H3. The number of nitrogens with zero attached hydrogens (tertiary/aromatic N) is 1. The smallest absolute Gasteiger partial charge is 0.226 e. The summed E-state index contributed by atoms with van der Waals surface area (Å²) in [5.74, 6) is 0.364. The number of hydrogen-bond acceptors (Lipinski definition) is 2. The molecule has 0 aromatic heterocycles. The van der Waals surface area contributed by atoms with Crippen molar-refractivity contribution in [2.45, 2.75) is 65.7 Å². The van der Waals surface area contributed by atoms with E-state index in [1.54, 1.807) is 17.0 Å². The molecule has 3 heteroatoms. The first-order chi connectivity index (χ1) is 10.1. The van der Waals surface area contributed by atoms with Gasteiger partial charge in [0.15, 0.2) is 0 Å². The summed E-state index contributed by atoms with van der Waals surface area (Å²) in [6.07, 6.45) is 7.71. The fourth-order valence-corrected chi connectivity index (χ4v) is 2.56. The number of aryl methyl sites for hydroxylation is 1. The summed E-state index contributed by atoms with van der Waals surface area (Å²) >= 11 is 0. The highest BCUT2D eigenvalue weighted by Crippen LogP contribution is 2.25. The Kier molecular flexibility index (Phi) is 7.88. The van der Waals surface area contributed by atoms with Gasteiger partial charge in [-0.05, 0) is 31.9 Å². The van der Waals surface area contributed by atoms with Crippen molar-refractivity contribution >= 4 is 11.6 Å². The first kappa shape index (κ1) is 17.5. The molecule has 0 aliphatic carbocycles. The molecular formula is C18H29NO2. The minimum Gasteiger partial charge on any atom is -0.508 e. The highest BCUT2D eigenvalue weighted by Gasteiger charge is 2.15. The van der Waals surface area contributed by atoms with Gasteiger partial charge in [0.25, 0.3) is 0 Å². The van der Waals surface area contributed by atoms with E-state index in [1.165, 1.54) is 25.7 Å². The lowest BCUT2D eigenvalue weighted by molar-refractivity contribution is -0.118. The number of phenols is 1. The summed E-state index contributed by atoms with van der Waals surface area (Å²) in [6.45, 7) is 6.79. The number of anilines is 1. The second-order valence-electron chi connectivity index (χ2n) is 5.63. The van der Waals surface area contributed by atoms with Gasteiger partial charge < -0.3 is 10.0 Å². The van der Waals surface area contributed by atoms with Gasteiger partial charge in [0.2, 0.25) is 5.91 Å². The summed E-state index contributed by atoms with van der Waals surface area (Å²) in [7, 11) is 0. The number of rotatable bonds is 9. The van der Waals surface area contributed by atoms with Crippen LogP contribution in [0.3, 0.4) is 0 Å². The van der Waals surface area contributed by atoms with Crippen LogP contribution >= 0.6 is 0 Å². The molecule has 1 amide bonds. The highest BCUT2D eigenvalue weighted by molar-refractivity contribution is 5.94. The van der Waals surface area contributed by atoms with Crippen LogP contribution in [0.5, 0.6) is 5.75 Å². The Bertz CT molecular complexity index is 443. The third-order valence-corrected chi connectivity index (χ3v) is 3.84. The Balaban J connectivity index is 2.51. The van der Waals surface area contributed by atoms with Gasteiger partial charge in [-0.1, -0.05) is 45.1 Å². The predicted octanol–water partition coefficient (Wildman–Crippen LogP) is 4.80. The van der Waals surface area contributed by atoms with Gasteiger partial charge >= 0.3 is 0 Å². The summed E-state index contributed by atoms with van der Waals surface area (Å²) < 4.78 is 0. The van der Waals surface area contributed by atoms with Crippen LogP contribution in [0.1, 0.15) is 64.4 Å². The number of amides is 1. The molecular weight excluding hydrogens is 262 g/mol. The normalized spacial score (nSPS) is 10.6. The number of carbonyl (C=O) groups is 1. The zero-order chi connectivity index (χ0) is 15.7. The molecule has 0 atom stereocenters. The lowest BCUT2D eigenvalue weighted by Crippen LogP contribution is -2.30. The van der Waals surface area contributed by atoms with Gasteiger partial charge in [0.1, 0.15) is 5.75 Å². The van der Waals surface area contributed by atoms with Crippen molar-refractivity contribution < 1.29 is 9.90 Å². The molecule has 0 aliphatic rings.